The maximum atomic E-state index is 12.5. The summed E-state index contributed by atoms with van der Waals surface area (Å²) in [5.41, 5.74) is 2.17. The molecule has 0 bridgehead atoms. The summed E-state index contributed by atoms with van der Waals surface area (Å²) < 4.78 is 11.3. The van der Waals surface area contributed by atoms with Gasteiger partial charge in [-0.2, -0.15) is 4.98 Å². The van der Waals surface area contributed by atoms with Gasteiger partial charge in [0.1, 0.15) is 0 Å². The summed E-state index contributed by atoms with van der Waals surface area (Å²) in [6.45, 7) is 5.87. The van der Waals surface area contributed by atoms with Crippen molar-refractivity contribution in [3.05, 3.63) is 35.7 Å². The number of hydrogen-bond acceptors (Lipinski definition) is 6. The number of piperidine rings is 1. The van der Waals surface area contributed by atoms with E-state index in [1.807, 2.05) is 24.3 Å². The van der Waals surface area contributed by atoms with Gasteiger partial charge in [-0.05, 0) is 52.1 Å². The molecule has 0 spiro atoms. The topological polar surface area (TPSA) is 80.5 Å². The number of aryl methyl sites for hydroxylation is 1. The molecule has 0 atom stereocenters. The second-order valence-electron chi connectivity index (χ2n) is 8.85. The smallest absolute Gasteiger partial charge is 0.241 e. The van der Waals surface area contributed by atoms with Gasteiger partial charge in [0.05, 0.1) is 12.6 Å². The minimum atomic E-state index is 0.0952. The number of nitrogens with one attached hydrogen (secondary N) is 1. The summed E-state index contributed by atoms with van der Waals surface area (Å²) in [6.07, 6.45) is 8.05. The summed E-state index contributed by atoms with van der Waals surface area (Å²) in [4.78, 5) is 19.3. The van der Waals surface area contributed by atoms with Gasteiger partial charge in [0, 0.05) is 24.6 Å². The van der Waals surface area contributed by atoms with Crippen molar-refractivity contribution < 1.29 is 14.1 Å². The van der Waals surface area contributed by atoms with Crippen molar-refractivity contribution in [1.29, 1.82) is 0 Å². The van der Waals surface area contributed by atoms with Crippen LogP contribution in [0.2, 0.25) is 0 Å². The standard InChI is InChI=1S/C24H34N4O3/c1-18-7-9-19(10-8-18)23-26-22(31-27-23)17-28-14-11-20(12-15-28)24(29)25-13-4-16-30-21-5-2-3-6-21/h7-10,20-21H,2-6,11-17H2,1H3,(H,25,29). The molecular formula is C24H34N4O3. The van der Waals surface area contributed by atoms with Crippen molar-refractivity contribution in [1.82, 2.24) is 20.4 Å². The average molecular weight is 427 g/mol. The van der Waals surface area contributed by atoms with E-state index in [1.54, 1.807) is 0 Å². The summed E-state index contributed by atoms with van der Waals surface area (Å²) in [5.74, 6) is 1.53. The first-order valence-corrected chi connectivity index (χ1v) is 11.7. The molecule has 1 aliphatic heterocycles. The summed E-state index contributed by atoms with van der Waals surface area (Å²) in [7, 11) is 0. The molecule has 1 amide bonds. The Hall–Kier alpha value is -2.25. The third-order valence-electron chi connectivity index (χ3n) is 6.37. The third-order valence-corrected chi connectivity index (χ3v) is 6.37. The molecule has 2 heterocycles. The van der Waals surface area contributed by atoms with Crippen LogP contribution in [0, 0.1) is 12.8 Å². The molecule has 1 saturated carbocycles. The van der Waals surface area contributed by atoms with E-state index in [2.05, 4.69) is 27.3 Å². The zero-order valence-corrected chi connectivity index (χ0v) is 18.5. The van der Waals surface area contributed by atoms with E-state index < -0.39 is 0 Å². The largest absolute Gasteiger partial charge is 0.378 e. The molecule has 2 aromatic rings. The normalized spacial score (nSPS) is 18.5. The van der Waals surface area contributed by atoms with Crippen LogP contribution in [0.15, 0.2) is 28.8 Å². The number of nitrogens with zero attached hydrogens (tertiary/aromatic N) is 3. The lowest BCUT2D eigenvalue weighted by Gasteiger charge is -2.30. The first-order chi connectivity index (χ1) is 15.2. The van der Waals surface area contributed by atoms with Gasteiger partial charge in [0.2, 0.25) is 17.6 Å². The van der Waals surface area contributed by atoms with Gasteiger partial charge in [-0.3, -0.25) is 9.69 Å². The number of amides is 1. The first kappa shape index (κ1) is 22.0. The van der Waals surface area contributed by atoms with E-state index in [4.69, 9.17) is 9.26 Å². The van der Waals surface area contributed by atoms with Gasteiger partial charge in [-0.25, -0.2) is 0 Å². The van der Waals surface area contributed by atoms with Crippen LogP contribution < -0.4 is 5.32 Å². The highest BCUT2D eigenvalue weighted by atomic mass is 16.5. The van der Waals surface area contributed by atoms with E-state index in [9.17, 15) is 4.79 Å². The molecule has 1 saturated heterocycles. The van der Waals surface area contributed by atoms with Crippen molar-refractivity contribution in [3.8, 4) is 11.4 Å². The fraction of sp³-hybridized carbons (Fsp3) is 0.625. The van der Waals surface area contributed by atoms with E-state index in [1.165, 1.54) is 31.2 Å². The van der Waals surface area contributed by atoms with Crippen LogP contribution in [0.1, 0.15) is 56.4 Å². The Morgan fingerprint density at radius 2 is 1.90 bits per heavy atom. The number of carbonyl (C=O) groups is 1. The molecular weight excluding hydrogens is 392 g/mol. The highest BCUT2D eigenvalue weighted by Gasteiger charge is 2.26. The second kappa shape index (κ2) is 10.9. The van der Waals surface area contributed by atoms with Crippen LogP contribution in [0.3, 0.4) is 0 Å². The average Bonchev–Trinajstić information content (AvgIpc) is 3.47. The molecule has 4 rings (SSSR count). The molecule has 1 aromatic heterocycles. The second-order valence-corrected chi connectivity index (χ2v) is 8.85. The highest BCUT2D eigenvalue weighted by molar-refractivity contribution is 5.78. The molecule has 0 radical (unpaired) electrons. The Morgan fingerprint density at radius 3 is 2.65 bits per heavy atom. The van der Waals surface area contributed by atoms with Crippen molar-refractivity contribution in [3.63, 3.8) is 0 Å². The van der Waals surface area contributed by atoms with Gasteiger partial charge >= 0.3 is 0 Å². The molecule has 1 aromatic carbocycles. The molecule has 2 aliphatic rings. The number of likely N-dealkylation sites (tertiary alicyclic amines) is 1. The van der Waals surface area contributed by atoms with E-state index in [0.717, 1.165) is 44.5 Å². The lowest BCUT2D eigenvalue weighted by Crippen LogP contribution is -2.40. The Balaban J connectivity index is 1.13. The fourth-order valence-electron chi connectivity index (χ4n) is 4.42. The van der Waals surface area contributed by atoms with Crippen LogP contribution >= 0.6 is 0 Å². The highest BCUT2D eigenvalue weighted by Crippen LogP contribution is 2.22. The minimum absolute atomic E-state index is 0.0952. The maximum Gasteiger partial charge on any atom is 0.241 e. The Morgan fingerprint density at radius 1 is 1.16 bits per heavy atom. The number of hydrogen-bond donors (Lipinski definition) is 1. The zero-order valence-electron chi connectivity index (χ0n) is 18.5. The minimum Gasteiger partial charge on any atom is -0.378 e. The van der Waals surface area contributed by atoms with E-state index in [0.29, 0.717) is 30.9 Å². The predicted octanol–water partition coefficient (Wildman–Crippen LogP) is 3.72. The number of rotatable bonds is 9. The molecule has 1 aliphatic carbocycles. The monoisotopic (exact) mass is 426 g/mol. The summed E-state index contributed by atoms with van der Waals surface area (Å²) in [6, 6.07) is 8.11. The lowest BCUT2D eigenvalue weighted by atomic mass is 9.96. The van der Waals surface area contributed by atoms with Crippen LogP contribution in [0.5, 0.6) is 0 Å². The molecule has 168 valence electrons. The van der Waals surface area contributed by atoms with Crippen LogP contribution in [0.25, 0.3) is 11.4 Å². The molecule has 7 heteroatoms. The van der Waals surface area contributed by atoms with Crippen LogP contribution in [-0.4, -0.2) is 53.3 Å². The van der Waals surface area contributed by atoms with Crippen molar-refractivity contribution in [2.45, 2.75) is 64.5 Å². The van der Waals surface area contributed by atoms with Crippen molar-refractivity contribution in [2.75, 3.05) is 26.2 Å². The van der Waals surface area contributed by atoms with Crippen LogP contribution in [-0.2, 0) is 16.1 Å². The van der Waals surface area contributed by atoms with Crippen molar-refractivity contribution >= 4 is 5.91 Å². The third kappa shape index (κ3) is 6.37. The number of aromatic nitrogens is 2. The molecule has 1 N–H and O–H groups in total. The van der Waals surface area contributed by atoms with Crippen molar-refractivity contribution in [2.24, 2.45) is 5.92 Å². The zero-order chi connectivity index (χ0) is 21.5. The summed E-state index contributed by atoms with van der Waals surface area (Å²) in [5, 5.41) is 7.20. The lowest BCUT2D eigenvalue weighted by molar-refractivity contribution is -0.126. The van der Waals surface area contributed by atoms with Gasteiger partial charge in [-0.15, -0.1) is 0 Å². The van der Waals surface area contributed by atoms with Crippen LogP contribution in [0.4, 0.5) is 0 Å². The molecule has 0 unspecified atom stereocenters. The number of benzene rings is 1. The van der Waals surface area contributed by atoms with Gasteiger partial charge in [-0.1, -0.05) is 47.8 Å². The number of carbonyl (C=O) groups excluding carboxylic acids is 1. The molecule has 31 heavy (non-hydrogen) atoms. The predicted molar refractivity (Wildman–Crippen MR) is 118 cm³/mol. The Labute approximate surface area is 184 Å². The van der Waals surface area contributed by atoms with E-state index >= 15 is 0 Å². The quantitative estimate of drug-likeness (QED) is 0.616. The SMILES string of the molecule is Cc1ccc(-c2noc(CN3CCC(C(=O)NCCCOC4CCCC4)CC3)n2)cc1. The molecule has 7 nitrogen and oxygen atoms in total. The summed E-state index contributed by atoms with van der Waals surface area (Å²) >= 11 is 0. The van der Waals surface area contributed by atoms with Gasteiger partial charge in [0.15, 0.2) is 0 Å². The Bertz CT molecular complexity index is 822. The van der Waals surface area contributed by atoms with E-state index in [-0.39, 0.29) is 11.8 Å². The van der Waals surface area contributed by atoms with Gasteiger partial charge < -0.3 is 14.6 Å². The van der Waals surface area contributed by atoms with Gasteiger partial charge in [0.25, 0.3) is 0 Å². The first-order valence-electron chi connectivity index (χ1n) is 11.7. The maximum absolute atomic E-state index is 12.5. The number of ether oxygens (including phenoxy) is 1. The molecule has 2 fully saturated rings. The fourth-order valence-corrected chi connectivity index (χ4v) is 4.42. The Kier molecular flexibility index (Phi) is 7.70.